The first-order chi connectivity index (χ1) is 13.3. The van der Waals surface area contributed by atoms with Crippen molar-refractivity contribution < 1.29 is 9.53 Å². The number of anilines is 1. The predicted octanol–water partition coefficient (Wildman–Crippen LogP) is 4.14. The van der Waals surface area contributed by atoms with Crippen molar-refractivity contribution in [3.63, 3.8) is 0 Å². The first-order valence-electron chi connectivity index (χ1n) is 9.26. The second kappa shape index (κ2) is 8.03. The summed E-state index contributed by atoms with van der Waals surface area (Å²) in [4.78, 5) is 20.6. The molecule has 27 heavy (non-hydrogen) atoms. The molecule has 3 aromatic rings. The van der Waals surface area contributed by atoms with Gasteiger partial charge in [-0.2, -0.15) is 0 Å². The lowest BCUT2D eigenvalue weighted by atomic mass is 9.93. The van der Waals surface area contributed by atoms with Crippen LogP contribution in [0.2, 0.25) is 0 Å². The molecule has 4 rings (SSSR count). The minimum atomic E-state index is -0.162. The molecule has 0 atom stereocenters. The first-order valence-corrected chi connectivity index (χ1v) is 9.26. The van der Waals surface area contributed by atoms with Gasteiger partial charge in [0.25, 0.3) is 0 Å². The lowest BCUT2D eigenvalue weighted by Crippen LogP contribution is -2.41. The van der Waals surface area contributed by atoms with Crippen LogP contribution in [0.1, 0.15) is 25.7 Å². The summed E-state index contributed by atoms with van der Waals surface area (Å²) in [6, 6.07) is 13.9. The number of hydrogen-bond acceptors (Lipinski definition) is 4. The maximum Gasteiger partial charge on any atom is 0.319 e. The minimum absolute atomic E-state index is 0.126. The Kier molecular flexibility index (Phi) is 5.14. The number of hydrogen-bond donors (Lipinski definition) is 2. The van der Waals surface area contributed by atoms with Crippen LogP contribution in [0.15, 0.2) is 61.1 Å². The van der Waals surface area contributed by atoms with Gasteiger partial charge >= 0.3 is 6.03 Å². The van der Waals surface area contributed by atoms with Crippen LogP contribution in [0.5, 0.6) is 5.88 Å². The topological polar surface area (TPSA) is 76.1 Å². The van der Waals surface area contributed by atoms with E-state index < -0.39 is 0 Å². The number of carbonyl (C=O) groups is 1. The molecule has 1 fully saturated rings. The fourth-order valence-electron chi connectivity index (χ4n) is 3.52. The Hall–Kier alpha value is -3.15. The normalized spacial score (nSPS) is 19.4. The van der Waals surface area contributed by atoms with Crippen molar-refractivity contribution >= 4 is 22.5 Å². The second-order valence-corrected chi connectivity index (χ2v) is 6.76. The lowest BCUT2D eigenvalue weighted by Gasteiger charge is -2.29. The maximum absolute atomic E-state index is 12.4. The van der Waals surface area contributed by atoms with Crippen LogP contribution in [-0.4, -0.2) is 28.1 Å². The highest BCUT2D eigenvalue weighted by Crippen LogP contribution is 2.24. The van der Waals surface area contributed by atoms with E-state index in [-0.39, 0.29) is 18.2 Å². The highest BCUT2D eigenvalue weighted by Gasteiger charge is 2.24. The van der Waals surface area contributed by atoms with Gasteiger partial charge in [-0.1, -0.05) is 36.4 Å². The molecular formula is C21H22N4O2. The number of urea groups is 1. The Morgan fingerprint density at radius 1 is 1.00 bits per heavy atom. The fraction of sp³-hybridized carbons (Fsp3) is 0.286. The number of nitrogens with zero attached hydrogens (tertiary/aromatic N) is 2. The van der Waals surface area contributed by atoms with E-state index in [1.165, 1.54) is 0 Å². The van der Waals surface area contributed by atoms with Crippen LogP contribution in [0.4, 0.5) is 10.5 Å². The van der Waals surface area contributed by atoms with Crippen LogP contribution in [0.25, 0.3) is 10.8 Å². The summed E-state index contributed by atoms with van der Waals surface area (Å²) in [6.07, 6.45) is 8.54. The van der Waals surface area contributed by atoms with Gasteiger partial charge in [-0.05, 0) is 37.1 Å². The van der Waals surface area contributed by atoms with Crippen molar-refractivity contribution in [2.24, 2.45) is 0 Å². The number of aromatic nitrogens is 2. The summed E-state index contributed by atoms with van der Waals surface area (Å²) < 4.78 is 5.85. The van der Waals surface area contributed by atoms with Crippen molar-refractivity contribution in [2.45, 2.75) is 37.8 Å². The minimum Gasteiger partial charge on any atom is -0.473 e. The fourth-order valence-corrected chi connectivity index (χ4v) is 3.52. The van der Waals surface area contributed by atoms with Crippen LogP contribution in [0, 0.1) is 0 Å². The van der Waals surface area contributed by atoms with E-state index in [0.717, 1.165) is 42.1 Å². The molecule has 138 valence electrons. The zero-order chi connectivity index (χ0) is 18.5. The molecule has 0 saturated heterocycles. The number of rotatable bonds is 4. The molecule has 1 saturated carbocycles. The molecule has 0 radical (unpaired) electrons. The predicted molar refractivity (Wildman–Crippen MR) is 105 cm³/mol. The van der Waals surface area contributed by atoms with Gasteiger partial charge < -0.3 is 15.4 Å². The molecule has 0 unspecified atom stereocenters. The van der Waals surface area contributed by atoms with Gasteiger partial charge in [-0.15, -0.1) is 0 Å². The molecule has 6 nitrogen and oxygen atoms in total. The first kappa shape index (κ1) is 17.3. The molecule has 2 aromatic carbocycles. The molecule has 2 N–H and O–H groups in total. The summed E-state index contributed by atoms with van der Waals surface area (Å²) in [5, 5.41) is 8.21. The highest BCUT2D eigenvalue weighted by atomic mass is 16.5. The van der Waals surface area contributed by atoms with E-state index in [1.54, 1.807) is 18.6 Å². The zero-order valence-corrected chi connectivity index (χ0v) is 15.0. The van der Waals surface area contributed by atoms with Gasteiger partial charge in [0.05, 0.1) is 11.9 Å². The maximum atomic E-state index is 12.4. The third-order valence-corrected chi connectivity index (χ3v) is 4.87. The molecular weight excluding hydrogens is 340 g/mol. The molecule has 1 aliphatic carbocycles. The average molecular weight is 362 g/mol. The summed E-state index contributed by atoms with van der Waals surface area (Å²) in [5.74, 6) is 0.558. The average Bonchev–Trinajstić information content (AvgIpc) is 2.71. The van der Waals surface area contributed by atoms with Gasteiger partial charge in [0, 0.05) is 23.8 Å². The van der Waals surface area contributed by atoms with E-state index in [9.17, 15) is 4.79 Å². The Labute approximate surface area is 158 Å². The monoisotopic (exact) mass is 362 g/mol. The van der Waals surface area contributed by atoms with E-state index in [1.807, 2.05) is 42.5 Å². The van der Waals surface area contributed by atoms with Crippen molar-refractivity contribution in [1.29, 1.82) is 0 Å². The van der Waals surface area contributed by atoms with Gasteiger partial charge in [0.2, 0.25) is 5.88 Å². The molecule has 0 bridgehead atoms. The summed E-state index contributed by atoms with van der Waals surface area (Å²) in [7, 11) is 0. The Bertz CT molecular complexity index is 903. The van der Waals surface area contributed by atoms with Gasteiger partial charge in [-0.3, -0.25) is 4.98 Å². The number of fused-ring (bicyclic) bond motifs is 1. The standard InChI is InChI=1S/C21H22N4O2/c26-21(25-19-7-3-5-15-4-1-2-6-18(15)19)24-16-8-10-17(11-9-16)27-20-14-22-12-13-23-20/h1-7,12-14,16-17H,8-11H2,(H2,24,25,26). The van der Waals surface area contributed by atoms with Crippen LogP contribution < -0.4 is 15.4 Å². The van der Waals surface area contributed by atoms with Crippen LogP contribution >= 0.6 is 0 Å². The van der Waals surface area contributed by atoms with E-state index >= 15 is 0 Å². The third-order valence-electron chi connectivity index (χ3n) is 4.87. The Morgan fingerprint density at radius 3 is 2.63 bits per heavy atom. The van der Waals surface area contributed by atoms with E-state index in [0.29, 0.717) is 5.88 Å². The number of carbonyl (C=O) groups excluding carboxylic acids is 1. The SMILES string of the molecule is O=C(Nc1cccc2ccccc12)NC1CCC(Oc2cnccn2)CC1. The Balaban J connectivity index is 1.29. The number of amides is 2. The van der Waals surface area contributed by atoms with E-state index in [4.69, 9.17) is 4.74 Å². The molecule has 6 heteroatoms. The van der Waals surface area contributed by atoms with E-state index in [2.05, 4.69) is 20.6 Å². The summed E-state index contributed by atoms with van der Waals surface area (Å²) >= 11 is 0. The summed E-state index contributed by atoms with van der Waals surface area (Å²) in [5.41, 5.74) is 0.824. The highest BCUT2D eigenvalue weighted by molar-refractivity contribution is 6.01. The van der Waals surface area contributed by atoms with Gasteiger partial charge in [-0.25, -0.2) is 9.78 Å². The number of benzene rings is 2. The molecule has 0 aliphatic heterocycles. The lowest BCUT2D eigenvalue weighted by molar-refractivity contribution is 0.135. The summed E-state index contributed by atoms with van der Waals surface area (Å²) in [6.45, 7) is 0. The van der Waals surface area contributed by atoms with Gasteiger partial charge in [0.15, 0.2) is 0 Å². The number of ether oxygens (including phenoxy) is 1. The molecule has 1 aliphatic rings. The Morgan fingerprint density at radius 2 is 1.81 bits per heavy atom. The van der Waals surface area contributed by atoms with Crippen molar-refractivity contribution in [1.82, 2.24) is 15.3 Å². The van der Waals surface area contributed by atoms with Crippen LogP contribution in [-0.2, 0) is 0 Å². The molecule has 1 aromatic heterocycles. The molecule has 0 spiro atoms. The van der Waals surface area contributed by atoms with Crippen LogP contribution in [0.3, 0.4) is 0 Å². The molecule has 1 heterocycles. The quantitative estimate of drug-likeness (QED) is 0.731. The second-order valence-electron chi connectivity index (χ2n) is 6.76. The number of nitrogens with one attached hydrogen (secondary N) is 2. The van der Waals surface area contributed by atoms with Crippen molar-refractivity contribution in [2.75, 3.05) is 5.32 Å². The molecule has 2 amide bonds. The van der Waals surface area contributed by atoms with Gasteiger partial charge in [0.1, 0.15) is 6.10 Å². The van der Waals surface area contributed by atoms with Crippen molar-refractivity contribution in [3.05, 3.63) is 61.1 Å². The van der Waals surface area contributed by atoms with Crippen molar-refractivity contribution in [3.8, 4) is 5.88 Å². The smallest absolute Gasteiger partial charge is 0.319 e. The largest absolute Gasteiger partial charge is 0.473 e. The zero-order valence-electron chi connectivity index (χ0n) is 15.0. The third kappa shape index (κ3) is 4.34.